The van der Waals surface area contributed by atoms with Crippen LogP contribution in [0.5, 0.6) is 0 Å². The SMILES string of the molecule is CCc1n[c]sc1-c1ccc(Cl)cc1. The Labute approximate surface area is 92.4 Å². The van der Waals surface area contributed by atoms with E-state index in [1.54, 1.807) is 11.3 Å². The molecule has 0 unspecified atom stereocenters. The third-order valence-electron chi connectivity index (χ3n) is 2.03. The van der Waals surface area contributed by atoms with E-state index in [0.717, 1.165) is 17.1 Å². The Balaban J connectivity index is 2.44. The molecule has 1 aromatic carbocycles. The Morgan fingerprint density at radius 2 is 2.07 bits per heavy atom. The standard InChI is InChI=1S/C11H9ClNS/c1-2-10-11(14-7-13-10)8-3-5-9(12)6-4-8/h3-6H,2H2,1H3. The van der Waals surface area contributed by atoms with Crippen LogP contribution in [-0.2, 0) is 6.42 Å². The molecular formula is C11H9ClNS. The van der Waals surface area contributed by atoms with Crippen LogP contribution in [0.4, 0.5) is 0 Å². The lowest BCUT2D eigenvalue weighted by Gasteiger charge is -1.99. The normalized spacial score (nSPS) is 10.4. The monoisotopic (exact) mass is 222 g/mol. The van der Waals surface area contributed by atoms with Crippen molar-refractivity contribution in [2.24, 2.45) is 0 Å². The Morgan fingerprint density at radius 3 is 2.71 bits per heavy atom. The van der Waals surface area contributed by atoms with Crippen LogP contribution in [0, 0.1) is 5.51 Å². The molecule has 0 amide bonds. The Morgan fingerprint density at radius 1 is 1.36 bits per heavy atom. The molecule has 14 heavy (non-hydrogen) atoms. The summed E-state index contributed by atoms with van der Waals surface area (Å²) in [6, 6.07) is 7.83. The average Bonchev–Trinajstić information content (AvgIpc) is 2.67. The number of hydrogen-bond acceptors (Lipinski definition) is 2. The number of rotatable bonds is 2. The van der Waals surface area contributed by atoms with Gasteiger partial charge in [0.25, 0.3) is 0 Å². The van der Waals surface area contributed by atoms with Gasteiger partial charge in [-0.3, -0.25) is 0 Å². The van der Waals surface area contributed by atoms with Crippen molar-refractivity contribution in [3.8, 4) is 10.4 Å². The van der Waals surface area contributed by atoms with Gasteiger partial charge in [-0.1, -0.05) is 30.7 Å². The molecule has 0 bridgehead atoms. The van der Waals surface area contributed by atoms with Gasteiger partial charge in [-0.15, -0.1) is 11.3 Å². The number of aromatic nitrogens is 1. The highest BCUT2D eigenvalue weighted by molar-refractivity contribution is 7.13. The maximum Gasteiger partial charge on any atom is 0.153 e. The molecule has 1 radical (unpaired) electrons. The number of halogens is 1. The summed E-state index contributed by atoms with van der Waals surface area (Å²) in [5, 5.41) is 0.764. The van der Waals surface area contributed by atoms with Crippen LogP contribution in [0.1, 0.15) is 12.6 Å². The van der Waals surface area contributed by atoms with Gasteiger partial charge in [-0.2, -0.15) is 0 Å². The van der Waals surface area contributed by atoms with E-state index in [-0.39, 0.29) is 0 Å². The van der Waals surface area contributed by atoms with Crippen molar-refractivity contribution in [3.05, 3.63) is 40.5 Å². The molecule has 71 valence electrons. The fourth-order valence-electron chi connectivity index (χ4n) is 1.30. The van der Waals surface area contributed by atoms with Gasteiger partial charge < -0.3 is 0 Å². The summed E-state index contributed by atoms with van der Waals surface area (Å²) in [5.41, 5.74) is 5.20. The number of aryl methyl sites for hydroxylation is 1. The average molecular weight is 223 g/mol. The molecule has 0 saturated heterocycles. The van der Waals surface area contributed by atoms with E-state index in [1.165, 1.54) is 10.4 Å². The molecule has 0 aliphatic carbocycles. The van der Waals surface area contributed by atoms with Crippen molar-refractivity contribution in [3.63, 3.8) is 0 Å². The first-order chi connectivity index (χ1) is 6.81. The molecule has 0 spiro atoms. The summed E-state index contributed by atoms with van der Waals surface area (Å²) in [4.78, 5) is 5.39. The zero-order valence-electron chi connectivity index (χ0n) is 7.75. The Hall–Kier alpha value is -0.860. The Bertz CT molecular complexity index is 419. The number of thiazole rings is 1. The first-order valence-corrected chi connectivity index (χ1v) is 5.62. The number of benzene rings is 1. The minimum Gasteiger partial charge on any atom is -0.238 e. The molecule has 0 atom stereocenters. The molecule has 3 heteroatoms. The molecule has 0 N–H and O–H groups in total. The van der Waals surface area contributed by atoms with Gasteiger partial charge in [0.1, 0.15) is 0 Å². The lowest BCUT2D eigenvalue weighted by Crippen LogP contribution is -1.83. The van der Waals surface area contributed by atoms with Gasteiger partial charge in [0.2, 0.25) is 0 Å². The summed E-state index contributed by atoms with van der Waals surface area (Å²) < 4.78 is 0. The van der Waals surface area contributed by atoms with Crippen LogP contribution < -0.4 is 0 Å². The van der Waals surface area contributed by atoms with E-state index in [2.05, 4.69) is 17.4 Å². The van der Waals surface area contributed by atoms with Gasteiger partial charge in [0.05, 0.1) is 10.6 Å². The zero-order chi connectivity index (χ0) is 9.97. The highest BCUT2D eigenvalue weighted by Crippen LogP contribution is 2.28. The molecule has 1 heterocycles. The van der Waals surface area contributed by atoms with Crippen LogP contribution in [0.25, 0.3) is 10.4 Å². The minimum absolute atomic E-state index is 0.764. The van der Waals surface area contributed by atoms with Crippen LogP contribution in [0.3, 0.4) is 0 Å². The number of nitrogens with zero attached hydrogens (tertiary/aromatic N) is 1. The molecule has 0 saturated carbocycles. The van der Waals surface area contributed by atoms with E-state index in [9.17, 15) is 0 Å². The third kappa shape index (κ3) is 1.81. The fourth-order valence-corrected chi connectivity index (χ4v) is 2.23. The molecule has 1 aromatic heterocycles. The largest absolute Gasteiger partial charge is 0.238 e. The molecule has 0 fully saturated rings. The van der Waals surface area contributed by atoms with Crippen molar-refractivity contribution in [2.75, 3.05) is 0 Å². The third-order valence-corrected chi connectivity index (χ3v) is 3.14. The van der Waals surface area contributed by atoms with Gasteiger partial charge in [-0.05, 0) is 24.1 Å². The van der Waals surface area contributed by atoms with Crippen molar-refractivity contribution in [1.29, 1.82) is 0 Å². The summed E-state index contributed by atoms with van der Waals surface area (Å²) in [5.74, 6) is 0. The predicted molar refractivity (Wildman–Crippen MR) is 60.8 cm³/mol. The molecular weight excluding hydrogens is 214 g/mol. The Kier molecular flexibility index (Phi) is 2.85. The van der Waals surface area contributed by atoms with Crippen molar-refractivity contribution >= 4 is 22.9 Å². The minimum atomic E-state index is 0.764. The zero-order valence-corrected chi connectivity index (χ0v) is 9.32. The second-order valence-electron chi connectivity index (χ2n) is 2.94. The van der Waals surface area contributed by atoms with Crippen molar-refractivity contribution < 1.29 is 0 Å². The predicted octanol–water partition coefficient (Wildman–Crippen LogP) is 3.83. The summed E-state index contributed by atoms with van der Waals surface area (Å²) in [7, 11) is 0. The van der Waals surface area contributed by atoms with E-state index >= 15 is 0 Å². The highest BCUT2D eigenvalue weighted by atomic mass is 35.5. The van der Waals surface area contributed by atoms with E-state index in [1.807, 2.05) is 24.3 Å². The van der Waals surface area contributed by atoms with E-state index in [0.29, 0.717) is 0 Å². The van der Waals surface area contributed by atoms with Crippen LogP contribution >= 0.6 is 22.9 Å². The fraction of sp³-hybridized carbons (Fsp3) is 0.182. The van der Waals surface area contributed by atoms with Gasteiger partial charge in [-0.25, -0.2) is 4.98 Å². The summed E-state index contributed by atoms with van der Waals surface area (Å²) in [6.45, 7) is 2.10. The second kappa shape index (κ2) is 4.11. The number of hydrogen-bond donors (Lipinski definition) is 0. The van der Waals surface area contributed by atoms with Crippen molar-refractivity contribution in [2.45, 2.75) is 13.3 Å². The molecule has 1 nitrogen and oxygen atoms in total. The van der Waals surface area contributed by atoms with Gasteiger partial charge in [0.15, 0.2) is 5.51 Å². The smallest absolute Gasteiger partial charge is 0.153 e. The van der Waals surface area contributed by atoms with Crippen LogP contribution in [0.15, 0.2) is 24.3 Å². The quantitative estimate of drug-likeness (QED) is 0.753. The van der Waals surface area contributed by atoms with Crippen molar-refractivity contribution in [1.82, 2.24) is 4.98 Å². The maximum absolute atomic E-state index is 5.83. The summed E-state index contributed by atoms with van der Waals surface area (Å²) in [6.07, 6.45) is 0.942. The second-order valence-corrected chi connectivity index (χ2v) is 4.17. The molecule has 0 aliphatic rings. The van der Waals surface area contributed by atoms with Crippen LogP contribution in [0.2, 0.25) is 5.02 Å². The lowest BCUT2D eigenvalue weighted by molar-refractivity contribution is 1.06. The summed E-state index contributed by atoms with van der Waals surface area (Å²) >= 11 is 7.38. The molecule has 0 aliphatic heterocycles. The first-order valence-electron chi connectivity index (χ1n) is 4.43. The van der Waals surface area contributed by atoms with Gasteiger partial charge >= 0.3 is 0 Å². The molecule has 2 aromatic rings. The van der Waals surface area contributed by atoms with E-state index in [4.69, 9.17) is 11.6 Å². The van der Waals surface area contributed by atoms with Crippen LogP contribution in [-0.4, -0.2) is 4.98 Å². The first kappa shape index (κ1) is 9.69. The lowest BCUT2D eigenvalue weighted by atomic mass is 10.1. The topological polar surface area (TPSA) is 12.9 Å². The van der Waals surface area contributed by atoms with E-state index < -0.39 is 0 Å². The van der Waals surface area contributed by atoms with Gasteiger partial charge in [0, 0.05) is 5.02 Å². The molecule has 2 rings (SSSR count). The highest BCUT2D eigenvalue weighted by Gasteiger charge is 2.06. The maximum atomic E-state index is 5.83.